The molecule has 1 aromatic heterocycles. The van der Waals surface area contributed by atoms with E-state index in [4.69, 9.17) is 5.73 Å². The lowest BCUT2D eigenvalue weighted by Crippen LogP contribution is -2.43. The Kier molecular flexibility index (Phi) is 4.88. The van der Waals surface area contributed by atoms with Gasteiger partial charge in [-0.2, -0.15) is 0 Å². The summed E-state index contributed by atoms with van der Waals surface area (Å²) in [6.07, 6.45) is 0.639. The Morgan fingerprint density at radius 2 is 1.76 bits per heavy atom. The van der Waals surface area contributed by atoms with Crippen LogP contribution in [0.15, 0.2) is 54.6 Å². The number of benzene rings is 2. The van der Waals surface area contributed by atoms with Crippen molar-refractivity contribution in [1.29, 1.82) is 0 Å². The summed E-state index contributed by atoms with van der Waals surface area (Å²) in [7, 11) is 1.78. The van der Waals surface area contributed by atoms with Crippen LogP contribution in [0.25, 0.3) is 10.9 Å². The van der Waals surface area contributed by atoms with Crippen molar-refractivity contribution in [2.45, 2.75) is 31.3 Å². The van der Waals surface area contributed by atoms with Gasteiger partial charge < -0.3 is 15.4 Å². The minimum atomic E-state index is -0.964. The van der Waals surface area contributed by atoms with Crippen LogP contribution in [0.5, 0.6) is 0 Å². The van der Waals surface area contributed by atoms with Gasteiger partial charge in [-0.05, 0) is 24.6 Å². The standard InChI is InChI=1S/C23H25N3O3/c1-3-26-18(13-16(20(26)22(24)27)14-9-5-4-6-10-14)19-15-11-7-8-12-17(15)25(2)21(19)23(28)29/h4-12,16,18,20H,3,13H2,1-2H3,(H2,24,27)(H,28,29)/t16-,18?,20-/m0/s1. The molecule has 3 N–H and O–H groups in total. The first-order chi connectivity index (χ1) is 14.0. The number of likely N-dealkylation sites (N-methyl/N-ethyl adjacent to an activating group) is 1. The fourth-order valence-corrected chi connectivity index (χ4v) is 5.03. The lowest BCUT2D eigenvalue weighted by Gasteiger charge is -2.28. The first-order valence-corrected chi connectivity index (χ1v) is 9.86. The monoisotopic (exact) mass is 391 g/mol. The number of para-hydroxylation sites is 1. The van der Waals surface area contributed by atoms with Crippen LogP contribution in [0.2, 0.25) is 0 Å². The van der Waals surface area contributed by atoms with Crippen molar-refractivity contribution >= 4 is 22.8 Å². The van der Waals surface area contributed by atoms with Crippen molar-refractivity contribution in [2.24, 2.45) is 12.8 Å². The molecule has 6 heteroatoms. The zero-order valence-corrected chi connectivity index (χ0v) is 16.6. The molecule has 2 heterocycles. The van der Waals surface area contributed by atoms with E-state index in [-0.39, 0.29) is 23.6 Å². The van der Waals surface area contributed by atoms with Gasteiger partial charge in [0.2, 0.25) is 5.91 Å². The summed E-state index contributed by atoms with van der Waals surface area (Å²) >= 11 is 0. The summed E-state index contributed by atoms with van der Waals surface area (Å²) in [6.45, 7) is 2.59. The Hall–Kier alpha value is -3.12. The normalized spacial score (nSPS) is 22.2. The van der Waals surface area contributed by atoms with Crippen LogP contribution in [-0.4, -0.2) is 39.0 Å². The van der Waals surface area contributed by atoms with Crippen molar-refractivity contribution in [2.75, 3.05) is 6.54 Å². The number of fused-ring (bicyclic) bond motifs is 1. The molecular formula is C23H25N3O3. The van der Waals surface area contributed by atoms with E-state index < -0.39 is 12.0 Å². The molecule has 1 amide bonds. The molecule has 1 saturated heterocycles. The highest BCUT2D eigenvalue weighted by Crippen LogP contribution is 2.47. The third-order valence-corrected chi connectivity index (χ3v) is 6.18. The second kappa shape index (κ2) is 7.37. The van der Waals surface area contributed by atoms with Gasteiger partial charge in [0.25, 0.3) is 0 Å². The maximum absolute atomic E-state index is 12.5. The minimum Gasteiger partial charge on any atom is -0.477 e. The molecule has 3 aromatic rings. The average molecular weight is 391 g/mol. The van der Waals surface area contributed by atoms with E-state index in [1.54, 1.807) is 11.6 Å². The Morgan fingerprint density at radius 3 is 2.38 bits per heavy atom. The molecule has 0 spiro atoms. The van der Waals surface area contributed by atoms with Crippen molar-refractivity contribution in [3.8, 4) is 0 Å². The molecule has 3 atom stereocenters. The first-order valence-electron chi connectivity index (χ1n) is 9.86. The van der Waals surface area contributed by atoms with Gasteiger partial charge in [0.05, 0.1) is 6.04 Å². The van der Waals surface area contributed by atoms with Gasteiger partial charge in [0, 0.05) is 35.5 Å². The lowest BCUT2D eigenvalue weighted by molar-refractivity contribution is -0.123. The summed E-state index contributed by atoms with van der Waals surface area (Å²) < 4.78 is 1.73. The zero-order chi connectivity index (χ0) is 20.7. The maximum Gasteiger partial charge on any atom is 0.352 e. The quantitative estimate of drug-likeness (QED) is 0.699. The molecule has 0 radical (unpaired) electrons. The van der Waals surface area contributed by atoms with Crippen molar-refractivity contribution in [3.05, 3.63) is 71.4 Å². The number of nitrogens with zero attached hydrogens (tertiary/aromatic N) is 2. The Morgan fingerprint density at radius 1 is 1.10 bits per heavy atom. The van der Waals surface area contributed by atoms with Crippen molar-refractivity contribution in [3.63, 3.8) is 0 Å². The van der Waals surface area contributed by atoms with Gasteiger partial charge in [-0.3, -0.25) is 9.69 Å². The molecular weight excluding hydrogens is 366 g/mol. The number of amides is 1. The number of nitrogens with two attached hydrogens (primary N) is 1. The SMILES string of the molecule is CCN1C(c2c(C(=O)O)n(C)c3ccccc23)C[C@@H](c2ccccc2)[C@H]1C(N)=O. The average Bonchev–Trinajstić information content (AvgIpc) is 3.24. The van der Waals surface area contributed by atoms with Crippen LogP contribution >= 0.6 is 0 Å². The molecule has 4 rings (SSSR count). The summed E-state index contributed by atoms with van der Waals surface area (Å²) in [5.74, 6) is -1.42. The van der Waals surface area contributed by atoms with Gasteiger partial charge in [-0.1, -0.05) is 55.5 Å². The number of carboxylic acids is 1. The predicted octanol–water partition coefficient (Wildman–Crippen LogP) is 3.28. The minimum absolute atomic E-state index is 0.0840. The number of aromatic nitrogens is 1. The smallest absolute Gasteiger partial charge is 0.352 e. The van der Waals surface area contributed by atoms with E-state index in [1.165, 1.54) is 0 Å². The first kappa shape index (κ1) is 19.2. The third-order valence-electron chi connectivity index (χ3n) is 6.18. The van der Waals surface area contributed by atoms with E-state index in [0.717, 1.165) is 22.0 Å². The van der Waals surface area contributed by atoms with Crippen molar-refractivity contribution < 1.29 is 14.7 Å². The van der Waals surface area contributed by atoms with Crippen LogP contribution in [0.4, 0.5) is 0 Å². The number of hydrogen-bond donors (Lipinski definition) is 2. The summed E-state index contributed by atoms with van der Waals surface area (Å²) in [5, 5.41) is 10.9. The number of primary amides is 1. The Bertz CT molecular complexity index is 1070. The predicted molar refractivity (Wildman–Crippen MR) is 112 cm³/mol. The summed E-state index contributed by atoms with van der Waals surface area (Å²) in [6, 6.07) is 16.9. The lowest BCUT2D eigenvalue weighted by atomic mass is 9.89. The number of aryl methyl sites for hydroxylation is 1. The number of hydrogen-bond acceptors (Lipinski definition) is 3. The number of carboxylic acid groups (broad SMARTS) is 1. The molecule has 0 aliphatic carbocycles. The maximum atomic E-state index is 12.5. The highest BCUT2D eigenvalue weighted by Gasteiger charge is 2.46. The molecule has 0 saturated carbocycles. The van der Waals surface area contributed by atoms with Crippen LogP contribution in [0.3, 0.4) is 0 Å². The van der Waals surface area contributed by atoms with Crippen LogP contribution in [0, 0.1) is 0 Å². The van der Waals surface area contributed by atoms with E-state index in [1.807, 2.05) is 61.5 Å². The largest absolute Gasteiger partial charge is 0.477 e. The number of carbonyl (C=O) groups is 2. The van der Waals surface area contributed by atoms with E-state index >= 15 is 0 Å². The van der Waals surface area contributed by atoms with Gasteiger partial charge in [0.15, 0.2) is 0 Å². The molecule has 150 valence electrons. The van der Waals surface area contributed by atoms with Crippen LogP contribution < -0.4 is 5.73 Å². The molecule has 6 nitrogen and oxygen atoms in total. The number of likely N-dealkylation sites (tertiary alicyclic amines) is 1. The summed E-state index contributed by atoms with van der Waals surface area (Å²) in [5.41, 5.74) is 8.80. The van der Waals surface area contributed by atoms with E-state index in [2.05, 4.69) is 4.90 Å². The second-order valence-corrected chi connectivity index (χ2v) is 7.59. The molecule has 29 heavy (non-hydrogen) atoms. The molecule has 1 aliphatic heterocycles. The number of aromatic carboxylic acids is 1. The van der Waals surface area contributed by atoms with Crippen LogP contribution in [-0.2, 0) is 11.8 Å². The van der Waals surface area contributed by atoms with E-state index in [0.29, 0.717) is 13.0 Å². The van der Waals surface area contributed by atoms with Gasteiger partial charge in [0.1, 0.15) is 5.69 Å². The highest BCUT2D eigenvalue weighted by atomic mass is 16.4. The Balaban J connectivity index is 1.92. The van der Waals surface area contributed by atoms with Gasteiger partial charge in [-0.25, -0.2) is 4.79 Å². The van der Waals surface area contributed by atoms with Crippen LogP contribution in [0.1, 0.15) is 46.9 Å². The fraction of sp³-hybridized carbons (Fsp3) is 0.304. The molecule has 2 aromatic carbocycles. The fourth-order valence-electron chi connectivity index (χ4n) is 5.03. The molecule has 1 fully saturated rings. The summed E-state index contributed by atoms with van der Waals surface area (Å²) in [4.78, 5) is 26.7. The zero-order valence-electron chi connectivity index (χ0n) is 16.6. The second-order valence-electron chi connectivity index (χ2n) is 7.59. The molecule has 0 bridgehead atoms. The highest BCUT2D eigenvalue weighted by molar-refractivity contribution is 5.98. The molecule has 1 unspecified atom stereocenters. The Labute approximate surface area is 169 Å². The van der Waals surface area contributed by atoms with Gasteiger partial charge in [-0.15, -0.1) is 0 Å². The topological polar surface area (TPSA) is 88.6 Å². The number of rotatable bonds is 5. The van der Waals surface area contributed by atoms with E-state index in [9.17, 15) is 14.7 Å². The van der Waals surface area contributed by atoms with Gasteiger partial charge >= 0.3 is 5.97 Å². The van der Waals surface area contributed by atoms with Crippen molar-refractivity contribution in [1.82, 2.24) is 9.47 Å². The molecule has 1 aliphatic rings. The number of carbonyl (C=O) groups excluding carboxylic acids is 1. The third kappa shape index (κ3) is 3.00.